The van der Waals surface area contributed by atoms with Crippen molar-refractivity contribution in [3.63, 3.8) is 0 Å². The van der Waals surface area contributed by atoms with Crippen molar-refractivity contribution in [2.24, 2.45) is 0 Å². The van der Waals surface area contributed by atoms with Crippen LogP contribution in [-0.2, 0) is 19.3 Å². The smallest absolute Gasteiger partial charge is 0.0497 e. The van der Waals surface area contributed by atoms with Crippen LogP contribution in [-0.4, -0.2) is 0 Å². The average Bonchev–Trinajstić information content (AvgIpc) is 3.42. The molecule has 0 saturated carbocycles. The minimum Gasteiger partial charge on any atom is -0.310 e. The molecule has 5 aromatic carbocycles. The van der Waals surface area contributed by atoms with Gasteiger partial charge in [-0.2, -0.15) is 0 Å². The van der Waals surface area contributed by atoms with Gasteiger partial charge in [0, 0.05) is 23.5 Å². The van der Waals surface area contributed by atoms with Crippen LogP contribution in [0.5, 0.6) is 0 Å². The van der Waals surface area contributed by atoms with E-state index in [1.165, 1.54) is 72.7 Å². The molecule has 0 aromatic heterocycles. The van der Waals surface area contributed by atoms with Crippen LogP contribution >= 0.6 is 0 Å². The Morgan fingerprint density at radius 3 is 1.65 bits per heavy atom. The molecule has 0 radical (unpaired) electrons. The molecule has 0 bridgehead atoms. The Labute approximate surface area is 199 Å². The van der Waals surface area contributed by atoms with E-state index in [0.717, 1.165) is 19.3 Å². The summed E-state index contributed by atoms with van der Waals surface area (Å²) in [7, 11) is 0. The van der Waals surface area contributed by atoms with Gasteiger partial charge in [0.05, 0.1) is 0 Å². The van der Waals surface area contributed by atoms with Gasteiger partial charge in [0.1, 0.15) is 0 Å². The minimum atomic E-state index is 0.992. The molecule has 2 aliphatic carbocycles. The topological polar surface area (TPSA) is 3.24 Å². The van der Waals surface area contributed by atoms with Gasteiger partial charge in [-0.25, -0.2) is 0 Å². The summed E-state index contributed by atoms with van der Waals surface area (Å²) in [4.78, 5) is 2.45. The van der Waals surface area contributed by atoms with Crippen molar-refractivity contribution in [2.45, 2.75) is 19.3 Å². The first-order valence-electron chi connectivity index (χ1n) is 12.2. The first-order chi connectivity index (χ1) is 16.8. The van der Waals surface area contributed by atoms with Crippen LogP contribution in [0.3, 0.4) is 0 Å². The average molecular weight is 434 g/mol. The monoisotopic (exact) mass is 433 g/mol. The van der Waals surface area contributed by atoms with Crippen LogP contribution in [0.4, 0.5) is 17.1 Å². The Hall–Kier alpha value is -4.10. The highest BCUT2D eigenvalue weighted by molar-refractivity contribution is 5.89. The van der Waals surface area contributed by atoms with Crippen molar-refractivity contribution in [3.05, 3.63) is 137 Å². The molecular weight excluding hydrogens is 410 g/mol. The van der Waals surface area contributed by atoms with E-state index < -0.39 is 0 Å². The fourth-order valence-corrected chi connectivity index (χ4v) is 6.34. The largest absolute Gasteiger partial charge is 0.310 e. The lowest BCUT2D eigenvalue weighted by atomic mass is 9.94. The Morgan fingerprint density at radius 1 is 0.382 bits per heavy atom. The predicted octanol–water partition coefficient (Wildman–Crippen LogP) is 8.20. The lowest BCUT2D eigenvalue weighted by Crippen LogP contribution is -2.18. The Bertz CT molecular complexity index is 1600. The van der Waals surface area contributed by atoms with Gasteiger partial charge >= 0.3 is 0 Å². The summed E-state index contributed by atoms with van der Waals surface area (Å²) in [5, 5.41) is 0. The molecule has 1 heterocycles. The van der Waals surface area contributed by atoms with Crippen LogP contribution in [0.1, 0.15) is 33.4 Å². The SMILES string of the molecule is c1ccc2c(c1)Cc1cc3c(cc1-2)-c1ccc(N2c4ccccc4Cc4ccccc42)cc1C3. The first-order valence-corrected chi connectivity index (χ1v) is 12.2. The van der Waals surface area contributed by atoms with Crippen LogP contribution in [0.25, 0.3) is 22.3 Å². The second-order valence-corrected chi connectivity index (χ2v) is 9.79. The molecule has 1 nitrogen and oxygen atoms in total. The van der Waals surface area contributed by atoms with Crippen molar-refractivity contribution >= 4 is 17.1 Å². The second-order valence-electron chi connectivity index (χ2n) is 9.79. The van der Waals surface area contributed by atoms with Gasteiger partial charge in [0.25, 0.3) is 0 Å². The van der Waals surface area contributed by atoms with Crippen molar-refractivity contribution in [1.29, 1.82) is 0 Å². The molecule has 5 aromatic rings. The Balaban J connectivity index is 1.26. The van der Waals surface area contributed by atoms with Crippen LogP contribution in [0.15, 0.2) is 103 Å². The normalized spacial score (nSPS) is 14.1. The van der Waals surface area contributed by atoms with E-state index in [-0.39, 0.29) is 0 Å². The van der Waals surface area contributed by atoms with Crippen molar-refractivity contribution in [3.8, 4) is 22.3 Å². The lowest BCUT2D eigenvalue weighted by molar-refractivity contribution is 1.08. The number of para-hydroxylation sites is 2. The fourth-order valence-electron chi connectivity index (χ4n) is 6.34. The van der Waals surface area contributed by atoms with Gasteiger partial charge in [0.15, 0.2) is 0 Å². The molecule has 0 spiro atoms. The minimum absolute atomic E-state index is 0.992. The summed E-state index contributed by atoms with van der Waals surface area (Å²) < 4.78 is 0. The van der Waals surface area contributed by atoms with Gasteiger partial charge < -0.3 is 4.90 Å². The van der Waals surface area contributed by atoms with Crippen LogP contribution < -0.4 is 4.90 Å². The maximum Gasteiger partial charge on any atom is 0.0497 e. The molecular formula is C33H23N. The second kappa shape index (κ2) is 6.71. The number of anilines is 3. The summed E-state index contributed by atoms with van der Waals surface area (Å²) in [6.45, 7) is 0. The molecule has 34 heavy (non-hydrogen) atoms. The molecule has 0 fully saturated rings. The van der Waals surface area contributed by atoms with E-state index in [4.69, 9.17) is 0 Å². The molecule has 0 saturated heterocycles. The highest BCUT2D eigenvalue weighted by Gasteiger charge is 2.28. The third kappa shape index (κ3) is 2.50. The fraction of sp³-hybridized carbons (Fsp3) is 0.0909. The molecule has 3 aliphatic rings. The summed E-state index contributed by atoms with van der Waals surface area (Å²) in [5.74, 6) is 0. The number of fused-ring (bicyclic) bond motifs is 8. The number of nitrogens with zero attached hydrogens (tertiary/aromatic N) is 1. The summed E-state index contributed by atoms with van der Waals surface area (Å²) in [6, 6.07) is 38.5. The zero-order valence-electron chi connectivity index (χ0n) is 18.9. The third-order valence-corrected chi connectivity index (χ3v) is 7.88. The van der Waals surface area contributed by atoms with E-state index in [9.17, 15) is 0 Å². The maximum absolute atomic E-state index is 2.47. The van der Waals surface area contributed by atoms with E-state index >= 15 is 0 Å². The van der Waals surface area contributed by atoms with Gasteiger partial charge in [-0.05, 0) is 98.8 Å². The Morgan fingerprint density at radius 2 is 0.912 bits per heavy atom. The molecule has 1 heteroatoms. The van der Waals surface area contributed by atoms with Gasteiger partial charge in [0.2, 0.25) is 0 Å². The van der Waals surface area contributed by atoms with Gasteiger partial charge in [-0.3, -0.25) is 0 Å². The van der Waals surface area contributed by atoms with Gasteiger partial charge in [-0.15, -0.1) is 0 Å². The predicted molar refractivity (Wildman–Crippen MR) is 140 cm³/mol. The molecule has 0 atom stereocenters. The number of benzene rings is 5. The van der Waals surface area contributed by atoms with E-state index in [1.807, 2.05) is 0 Å². The van der Waals surface area contributed by atoms with Crippen molar-refractivity contribution in [2.75, 3.05) is 4.90 Å². The maximum atomic E-state index is 2.47. The number of rotatable bonds is 1. The quantitative estimate of drug-likeness (QED) is 0.252. The summed E-state index contributed by atoms with van der Waals surface area (Å²) in [5.41, 5.74) is 18.1. The molecule has 160 valence electrons. The van der Waals surface area contributed by atoms with Crippen LogP contribution in [0.2, 0.25) is 0 Å². The number of hydrogen-bond acceptors (Lipinski definition) is 1. The highest BCUT2D eigenvalue weighted by atomic mass is 15.2. The zero-order chi connectivity index (χ0) is 22.2. The lowest BCUT2D eigenvalue weighted by Gasteiger charge is -2.33. The standard InChI is InChI=1S/C33H23N/c1-4-10-28-21(7-1)15-24-17-25-18-26-19-27(13-14-29(26)31(25)20-30(24)28)34-32-11-5-2-8-22(32)16-23-9-3-6-12-33(23)34/h1-14,17,19-20H,15-16,18H2. The molecule has 8 rings (SSSR count). The highest BCUT2D eigenvalue weighted by Crippen LogP contribution is 2.48. The van der Waals surface area contributed by atoms with Crippen molar-refractivity contribution < 1.29 is 0 Å². The van der Waals surface area contributed by atoms with E-state index in [2.05, 4.69) is 108 Å². The zero-order valence-corrected chi connectivity index (χ0v) is 18.9. The molecule has 0 amide bonds. The molecule has 0 unspecified atom stereocenters. The molecule has 1 aliphatic heterocycles. The van der Waals surface area contributed by atoms with Gasteiger partial charge in [-0.1, -0.05) is 72.8 Å². The third-order valence-electron chi connectivity index (χ3n) is 7.88. The van der Waals surface area contributed by atoms with E-state index in [1.54, 1.807) is 0 Å². The van der Waals surface area contributed by atoms with E-state index in [0.29, 0.717) is 0 Å². The summed E-state index contributed by atoms with van der Waals surface area (Å²) in [6.07, 6.45) is 3.06. The molecule has 0 N–H and O–H groups in total. The Kier molecular flexibility index (Phi) is 3.62. The number of hydrogen-bond donors (Lipinski definition) is 0. The summed E-state index contributed by atoms with van der Waals surface area (Å²) >= 11 is 0. The first kappa shape index (κ1) is 18.3. The van der Waals surface area contributed by atoms with Crippen molar-refractivity contribution in [1.82, 2.24) is 0 Å². The van der Waals surface area contributed by atoms with Crippen LogP contribution in [0, 0.1) is 0 Å².